The van der Waals surface area contributed by atoms with Gasteiger partial charge in [0, 0.05) is 11.6 Å². The number of nitrogens with zero attached hydrogens (tertiary/aromatic N) is 2. The first kappa shape index (κ1) is 23.8. The summed E-state index contributed by atoms with van der Waals surface area (Å²) in [5.41, 5.74) is 2.11. The molecule has 0 bridgehead atoms. The van der Waals surface area contributed by atoms with Gasteiger partial charge < -0.3 is 4.74 Å². The summed E-state index contributed by atoms with van der Waals surface area (Å²) in [5.74, 6) is 0.577. The highest BCUT2D eigenvalue weighted by molar-refractivity contribution is 7.91. The molecular formula is C22H26N4O4S2. The van der Waals surface area contributed by atoms with Gasteiger partial charge in [0.05, 0.1) is 7.11 Å². The molecule has 0 aliphatic heterocycles. The van der Waals surface area contributed by atoms with Gasteiger partial charge in [0.25, 0.3) is 15.9 Å². The van der Waals surface area contributed by atoms with Crippen LogP contribution in [0.3, 0.4) is 0 Å². The van der Waals surface area contributed by atoms with E-state index >= 15 is 0 Å². The van der Waals surface area contributed by atoms with Crippen LogP contribution in [0.15, 0.2) is 52.9 Å². The van der Waals surface area contributed by atoms with Crippen LogP contribution in [0.4, 0.5) is 5.13 Å². The zero-order chi connectivity index (χ0) is 23.3. The van der Waals surface area contributed by atoms with Crippen LogP contribution < -0.4 is 14.8 Å². The second-order valence-electron chi connectivity index (χ2n) is 7.72. The quantitative estimate of drug-likeness (QED) is 0.450. The third-order valence-corrected chi connectivity index (χ3v) is 7.45. The topological polar surface area (TPSA) is 110 Å². The van der Waals surface area contributed by atoms with E-state index in [0.717, 1.165) is 22.5 Å². The Labute approximate surface area is 192 Å². The number of carbonyl (C=O) groups excluding carboxylic acids is 1. The van der Waals surface area contributed by atoms with Crippen LogP contribution >= 0.6 is 11.3 Å². The van der Waals surface area contributed by atoms with Crippen molar-refractivity contribution in [2.75, 3.05) is 12.4 Å². The molecule has 1 heterocycles. The molecule has 0 radical (unpaired) electrons. The maximum absolute atomic E-state index is 13.0. The van der Waals surface area contributed by atoms with Gasteiger partial charge >= 0.3 is 0 Å². The molecule has 1 amide bonds. The lowest BCUT2D eigenvalue weighted by Crippen LogP contribution is -2.29. The number of benzene rings is 2. The largest absolute Gasteiger partial charge is 0.497 e. The van der Waals surface area contributed by atoms with E-state index in [-0.39, 0.29) is 21.3 Å². The van der Waals surface area contributed by atoms with Crippen molar-refractivity contribution in [3.63, 3.8) is 0 Å². The number of anilines is 1. The number of amides is 1. The van der Waals surface area contributed by atoms with E-state index in [1.54, 1.807) is 31.4 Å². The van der Waals surface area contributed by atoms with Crippen LogP contribution in [0.2, 0.25) is 0 Å². The Morgan fingerprint density at radius 3 is 2.41 bits per heavy atom. The molecule has 0 fully saturated rings. The number of aromatic nitrogens is 2. The van der Waals surface area contributed by atoms with Crippen molar-refractivity contribution in [3.05, 3.63) is 65.2 Å². The fourth-order valence-corrected chi connectivity index (χ4v) is 5.31. The molecule has 0 saturated heterocycles. The Kier molecular flexibility index (Phi) is 7.60. The third kappa shape index (κ3) is 5.90. The SMILES string of the molecule is COc1ccc([C@@H](CC(C)C)NS(=O)(=O)c2nnc(NC(=O)c3ccccc3C)s2)cc1. The molecule has 1 aromatic heterocycles. The van der Waals surface area contributed by atoms with E-state index in [9.17, 15) is 13.2 Å². The average molecular weight is 475 g/mol. The second-order valence-corrected chi connectivity index (χ2v) is 10.6. The molecule has 1 atom stereocenters. The van der Waals surface area contributed by atoms with Gasteiger partial charge in [0.2, 0.25) is 9.47 Å². The number of sulfonamides is 1. The van der Waals surface area contributed by atoms with Gasteiger partial charge in [-0.05, 0) is 48.6 Å². The predicted octanol–water partition coefficient (Wildman–Crippen LogP) is 4.17. The first-order valence-electron chi connectivity index (χ1n) is 10.1. The first-order chi connectivity index (χ1) is 15.2. The lowest BCUT2D eigenvalue weighted by molar-refractivity contribution is 0.102. The van der Waals surface area contributed by atoms with Crippen molar-refractivity contribution < 1.29 is 17.9 Å². The monoisotopic (exact) mass is 474 g/mol. The lowest BCUT2D eigenvalue weighted by Gasteiger charge is -2.20. The first-order valence-corrected chi connectivity index (χ1v) is 12.4. The molecule has 0 aliphatic rings. The summed E-state index contributed by atoms with van der Waals surface area (Å²) in [6.45, 7) is 5.87. The number of carbonyl (C=O) groups is 1. The van der Waals surface area contributed by atoms with Crippen LogP contribution in [0.1, 0.15) is 47.8 Å². The number of nitrogens with one attached hydrogen (secondary N) is 2. The molecule has 0 spiro atoms. The highest BCUT2D eigenvalue weighted by atomic mass is 32.2. The van der Waals surface area contributed by atoms with Crippen LogP contribution in [-0.2, 0) is 10.0 Å². The van der Waals surface area contributed by atoms with Crippen molar-refractivity contribution in [2.45, 2.75) is 37.6 Å². The summed E-state index contributed by atoms with van der Waals surface area (Å²) < 4.78 is 33.7. The highest BCUT2D eigenvalue weighted by Gasteiger charge is 2.26. The minimum atomic E-state index is -3.94. The standard InChI is InChI=1S/C22H26N4O4S2/c1-14(2)13-19(16-9-11-17(30-4)12-10-16)26-32(28,29)22-25-24-21(31-22)23-20(27)18-8-6-5-7-15(18)3/h5-12,14,19,26H,13H2,1-4H3,(H,23,24,27)/t19-/m1/s1. The number of aryl methyl sites for hydroxylation is 1. The minimum Gasteiger partial charge on any atom is -0.497 e. The summed E-state index contributed by atoms with van der Waals surface area (Å²) >= 11 is 0.806. The molecule has 3 aromatic rings. The summed E-state index contributed by atoms with van der Waals surface area (Å²) in [5, 5.41) is 10.4. The maximum Gasteiger partial charge on any atom is 0.270 e. The molecule has 0 unspecified atom stereocenters. The molecule has 8 nitrogen and oxygen atoms in total. The Balaban J connectivity index is 1.78. The molecule has 0 saturated carbocycles. The molecule has 3 rings (SSSR count). The van der Waals surface area contributed by atoms with Gasteiger partial charge in [-0.3, -0.25) is 10.1 Å². The number of rotatable bonds is 9. The fraction of sp³-hybridized carbons (Fsp3) is 0.318. The van der Waals surface area contributed by atoms with Crippen molar-refractivity contribution in [1.29, 1.82) is 0 Å². The maximum atomic E-state index is 13.0. The fourth-order valence-electron chi connectivity index (χ4n) is 3.16. The minimum absolute atomic E-state index is 0.114. The van der Waals surface area contributed by atoms with Gasteiger partial charge in [-0.1, -0.05) is 55.5 Å². The molecule has 10 heteroatoms. The Bertz CT molecular complexity index is 1170. The normalized spacial score (nSPS) is 12.5. The van der Waals surface area contributed by atoms with Gasteiger partial charge in [-0.15, -0.1) is 10.2 Å². The van der Waals surface area contributed by atoms with Crippen molar-refractivity contribution >= 4 is 32.4 Å². The zero-order valence-electron chi connectivity index (χ0n) is 18.3. The third-order valence-electron chi connectivity index (χ3n) is 4.77. The van der Waals surface area contributed by atoms with Crippen LogP contribution in [0, 0.1) is 12.8 Å². The van der Waals surface area contributed by atoms with E-state index in [2.05, 4.69) is 20.2 Å². The highest BCUT2D eigenvalue weighted by Crippen LogP contribution is 2.27. The Hall–Kier alpha value is -2.82. The van der Waals surface area contributed by atoms with Gasteiger partial charge in [0.15, 0.2) is 0 Å². The van der Waals surface area contributed by atoms with Crippen molar-refractivity contribution in [2.24, 2.45) is 5.92 Å². The van der Waals surface area contributed by atoms with E-state index in [1.165, 1.54) is 0 Å². The lowest BCUT2D eigenvalue weighted by atomic mass is 9.98. The summed E-state index contributed by atoms with van der Waals surface area (Å²) in [4.78, 5) is 12.5. The summed E-state index contributed by atoms with van der Waals surface area (Å²) in [6.07, 6.45) is 0.598. The molecule has 170 valence electrons. The van der Waals surface area contributed by atoms with Crippen molar-refractivity contribution in [3.8, 4) is 5.75 Å². The van der Waals surface area contributed by atoms with Gasteiger partial charge in [-0.25, -0.2) is 13.1 Å². The number of hydrogen-bond donors (Lipinski definition) is 2. The summed E-state index contributed by atoms with van der Waals surface area (Å²) in [7, 11) is -2.37. The van der Waals surface area contributed by atoms with Crippen LogP contribution in [0.5, 0.6) is 5.75 Å². The van der Waals surface area contributed by atoms with Crippen molar-refractivity contribution in [1.82, 2.24) is 14.9 Å². The van der Waals surface area contributed by atoms with E-state index in [1.807, 2.05) is 45.0 Å². The van der Waals surface area contributed by atoms with Gasteiger partial charge in [0.1, 0.15) is 5.75 Å². The molecule has 32 heavy (non-hydrogen) atoms. The van der Waals surface area contributed by atoms with E-state index < -0.39 is 16.1 Å². The smallest absolute Gasteiger partial charge is 0.270 e. The van der Waals surface area contributed by atoms with E-state index in [0.29, 0.717) is 17.7 Å². The number of hydrogen-bond acceptors (Lipinski definition) is 7. The molecule has 2 aromatic carbocycles. The number of ether oxygens (including phenoxy) is 1. The zero-order valence-corrected chi connectivity index (χ0v) is 20.0. The molecule has 2 N–H and O–H groups in total. The predicted molar refractivity (Wildman–Crippen MR) is 125 cm³/mol. The average Bonchev–Trinajstić information content (AvgIpc) is 3.22. The van der Waals surface area contributed by atoms with Crippen LogP contribution in [-0.4, -0.2) is 31.6 Å². The molecule has 0 aliphatic carbocycles. The summed E-state index contributed by atoms with van der Waals surface area (Å²) in [6, 6.07) is 13.9. The van der Waals surface area contributed by atoms with Crippen LogP contribution in [0.25, 0.3) is 0 Å². The molecular weight excluding hydrogens is 448 g/mol. The van der Waals surface area contributed by atoms with Gasteiger partial charge in [-0.2, -0.15) is 0 Å². The Morgan fingerprint density at radius 1 is 1.09 bits per heavy atom. The second kappa shape index (κ2) is 10.2. The Morgan fingerprint density at radius 2 is 1.78 bits per heavy atom. The number of methoxy groups -OCH3 is 1. The van der Waals surface area contributed by atoms with E-state index in [4.69, 9.17) is 4.74 Å².